The lowest BCUT2D eigenvalue weighted by molar-refractivity contribution is -0.141. The van der Waals surface area contributed by atoms with E-state index in [-0.39, 0.29) is 35.9 Å². The van der Waals surface area contributed by atoms with Gasteiger partial charge in [-0.05, 0) is 57.1 Å². The molecule has 6 atom stereocenters. The van der Waals surface area contributed by atoms with Gasteiger partial charge in [0, 0.05) is 24.5 Å². The highest BCUT2D eigenvalue weighted by molar-refractivity contribution is 5.92. The number of aromatic nitrogens is 2. The highest BCUT2D eigenvalue weighted by Gasteiger charge is 2.51. The van der Waals surface area contributed by atoms with E-state index in [0.717, 1.165) is 12.8 Å². The molecule has 252 valence electrons. The minimum absolute atomic E-state index is 0.00718. The molecule has 1 saturated heterocycles. The van der Waals surface area contributed by atoms with E-state index in [1.807, 2.05) is 27.7 Å². The third-order valence-corrected chi connectivity index (χ3v) is 9.63. The molecule has 0 radical (unpaired) electrons. The number of carbonyl (C=O) groups excluding carboxylic acids is 3. The summed E-state index contributed by atoms with van der Waals surface area (Å²) in [6, 6.07) is 2.72. The third kappa shape index (κ3) is 6.61. The van der Waals surface area contributed by atoms with E-state index in [1.165, 1.54) is 25.0 Å². The molecule has 3 heterocycles. The van der Waals surface area contributed by atoms with E-state index in [4.69, 9.17) is 18.9 Å². The fourth-order valence-electron chi connectivity index (χ4n) is 6.99. The summed E-state index contributed by atoms with van der Waals surface area (Å²) in [4.78, 5) is 50.6. The van der Waals surface area contributed by atoms with Crippen molar-refractivity contribution in [3.8, 4) is 11.6 Å². The maximum atomic E-state index is 16.0. The molecule has 2 amide bonds. The van der Waals surface area contributed by atoms with Crippen molar-refractivity contribution in [3.63, 3.8) is 0 Å². The van der Waals surface area contributed by atoms with Crippen molar-refractivity contribution in [1.29, 1.82) is 0 Å². The van der Waals surface area contributed by atoms with Crippen LogP contribution in [0.3, 0.4) is 0 Å². The zero-order valence-corrected chi connectivity index (χ0v) is 27.5. The Labute approximate surface area is 267 Å². The molecule has 2 fully saturated rings. The van der Waals surface area contributed by atoms with Gasteiger partial charge in [-0.2, -0.15) is 8.78 Å². The van der Waals surface area contributed by atoms with Crippen LogP contribution in [-0.4, -0.2) is 83.3 Å². The Morgan fingerprint density at radius 2 is 1.89 bits per heavy atom. The van der Waals surface area contributed by atoms with Crippen molar-refractivity contribution in [2.45, 2.75) is 96.9 Å². The average molecular weight is 647 g/mol. The number of nitrogens with zero attached hydrogens (tertiary/aromatic N) is 3. The highest BCUT2D eigenvalue weighted by Crippen LogP contribution is 2.42. The molecule has 1 aliphatic carbocycles. The predicted molar refractivity (Wildman–Crippen MR) is 164 cm³/mol. The molecule has 0 spiro atoms. The molecule has 13 heteroatoms. The summed E-state index contributed by atoms with van der Waals surface area (Å²) in [5, 5.41) is 2.79. The van der Waals surface area contributed by atoms with Gasteiger partial charge in [-0.1, -0.05) is 27.7 Å². The van der Waals surface area contributed by atoms with Crippen LogP contribution in [0, 0.1) is 17.3 Å². The second-order valence-electron chi connectivity index (χ2n) is 14.1. The maximum Gasteiger partial charge on any atom is 0.408 e. The van der Waals surface area contributed by atoms with Crippen LogP contribution >= 0.6 is 0 Å². The van der Waals surface area contributed by atoms with Crippen molar-refractivity contribution in [2.24, 2.45) is 17.3 Å². The van der Waals surface area contributed by atoms with E-state index in [9.17, 15) is 14.4 Å². The van der Waals surface area contributed by atoms with E-state index in [0.29, 0.717) is 18.6 Å². The van der Waals surface area contributed by atoms with Gasteiger partial charge in [0.25, 0.3) is 0 Å². The number of carbonyl (C=O) groups is 3. The van der Waals surface area contributed by atoms with Crippen LogP contribution in [0.4, 0.5) is 13.6 Å². The van der Waals surface area contributed by atoms with Crippen LogP contribution in [-0.2, 0) is 25.0 Å². The van der Waals surface area contributed by atoms with Gasteiger partial charge in [-0.3, -0.25) is 9.59 Å². The molecule has 1 N–H and O–H groups in total. The number of ether oxygens (including phenoxy) is 4. The van der Waals surface area contributed by atoms with Crippen molar-refractivity contribution < 1.29 is 42.1 Å². The Morgan fingerprint density at radius 3 is 2.57 bits per heavy atom. The van der Waals surface area contributed by atoms with Gasteiger partial charge in [-0.15, -0.1) is 0 Å². The van der Waals surface area contributed by atoms with Crippen molar-refractivity contribution >= 4 is 28.8 Å². The molecule has 5 rings (SSSR count). The van der Waals surface area contributed by atoms with Crippen LogP contribution in [0.25, 0.3) is 11.0 Å². The first kappa shape index (κ1) is 33.7. The number of ketones is 1. The minimum atomic E-state index is -3.59. The van der Waals surface area contributed by atoms with Gasteiger partial charge in [0.05, 0.1) is 30.7 Å². The fraction of sp³-hybridized carbons (Fsp3) is 0.667. The van der Waals surface area contributed by atoms with Crippen molar-refractivity contribution in [2.75, 3.05) is 26.9 Å². The molecule has 3 aliphatic rings. The number of benzene rings is 1. The first-order valence-corrected chi connectivity index (χ1v) is 15.8. The normalized spacial score (nSPS) is 30.7. The summed E-state index contributed by atoms with van der Waals surface area (Å²) >= 11 is 0. The first-order chi connectivity index (χ1) is 21.5. The van der Waals surface area contributed by atoms with Gasteiger partial charge in [-0.25, -0.2) is 14.8 Å². The van der Waals surface area contributed by atoms with Gasteiger partial charge in [0.2, 0.25) is 11.8 Å². The summed E-state index contributed by atoms with van der Waals surface area (Å²) < 4.78 is 54.9. The second-order valence-corrected chi connectivity index (χ2v) is 14.1. The second kappa shape index (κ2) is 12.5. The smallest absolute Gasteiger partial charge is 0.408 e. The van der Waals surface area contributed by atoms with Gasteiger partial charge >= 0.3 is 12.0 Å². The SMILES string of the molecule is COc1ccc2nc3c(nc2c1)O[C@H]1CN(C(=O)[C@H](C(C)(C)C)NC(=O)O[C@]2(C)CCC[C@H]2CCOCC3(F)F)[C@H](C(C)=O)[C@@H]1C. The molecule has 11 nitrogen and oxygen atoms in total. The molecule has 2 aromatic rings. The van der Waals surface area contributed by atoms with E-state index >= 15 is 8.78 Å². The quantitative estimate of drug-likeness (QED) is 0.478. The lowest BCUT2D eigenvalue weighted by Gasteiger charge is -2.37. The number of methoxy groups -OCH3 is 1. The van der Waals surface area contributed by atoms with Crippen LogP contribution in [0.1, 0.15) is 72.9 Å². The summed E-state index contributed by atoms with van der Waals surface area (Å²) in [6.07, 6.45) is 0.860. The Hall–Kier alpha value is -3.61. The predicted octanol–water partition coefficient (Wildman–Crippen LogP) is 5.03. The molecule has 2 bridgehead atoms. The number of nitrogens with one attached hydrogen (secondary N) is 1. The van der Waals surface area contributed by atoms with Gasteiger partial charge in [0.1, 0.15) is 30.1 Å². The lowest BCUT2D eigenvalue weighted by Crippen LogP contribution is -2.58. The summed E-state index contributed by atoms with van der Waals surface area (Å²) in [6.45, 7) is 9.27. The molecular formula is C33H44F2N4O7. The Morgan fingerprint density at radius 1 is 1.15 bits per heavy atom. The Kier molecular flexibility index (Phi) is 9.20. The standard InChI is InChI=1S/C33H44F2N4O7/c1-18-24-16-39(25(18)19(2)40)29(41)27(31(3,4)5)38-30(42)46-32(6)13-8-9-20(32)12-14-44-17-33(34,35)26-28(45-24)37-23-15-21(43-7)10-11-22(23)36-26/h10-11,15,18,20,24-25,27H,8-9,12-14,16-17H2,1-7H3,(H,38,42)/t18-,20+,24+,25+,27-,32-/m1/s1. The summed E-state index contributed by atoms with van der Waals surface area (Å²) in [5.74, 6) is -5.08. The molecule has 2 aliphatic heterocycles. The number of hydrogen-bond donors (Lipinski definition) is 1. The number of amides is 2. The van der Waals surface area contributed by atoms with Crippen LogP contribution < -0.4 is 14.8 Å². The number of halogens is 2. The molecule has 1 aromatic heterocycles. The molecule has 46 heavy (non-hydrogen) atoms. The topological polar surface area (TPSA) is 129 Å². The fourth-order valence-corrected chi connectivity index (χ4v) is 6.99. The zero-order chi connectivity index (χ0) is 33.6. The minimum Gasteiger partial charge on any atom is -0.497 e. The largest absolute Gasteiger partial charge is 0.497 e. The summed E-state index contributed by atoms with van der Waals surface area (Å²) in [7, 11) is 1.48. The Bertz CT molecular complexity index is 1500. The number of hydrogen-bond acceptors (Lipinski definition) is 9. The number of fused-ring (bicyclic) bond motifs is 5. The zero-order valence-electron chi connectivity index (χ0n) is 27.5. The van der Waals surface area contributed by atoms with Gasteiger partial charge in [0.15, 0.2) is 11.5 Å². The third-order valence-electron chi connectivity index (χ3n) is 9.63. The molecule has 0 unspecified atom stereocenters. The molecule has 1 aromatic carbocycles. The van der Waals surface area contributed by atoms with Gasteiger partial charge < -0.3 is 29.2 Å². The van der Waals surface area contributed by atoms with Crippen LogP contribution in [0.2, 0.25) is 0 Å². The monoisotopic (exact) mass is 646 g/mol. The molecule has 1 saturated carbocycles. The van der Waals surface area contributed by atoms with Crippen LogP contribution in [0.15, 0.2) is 18.2 Å². The lowest BCUT2D eigenvalue weighted by atomic mass is 9.85. The van der Waals surface area contributed by atoms with Crippen molar-refractivity contribution in [3.05, 3.63) is 23.9 Å². The van der Waals surface area contributed by atoms with E-state index in [1.54, 1.807) is 19.1 Å². The molecular weight excluding hydrogens is 602 g/mol. The van der Waals surface area contributed by atoms with Crippen molar-refractivity contribution in [1.82, 2.24) is 20.2 Å². The Balaban J connectivity index is 1.60. The number of Topliss-reactive ketones (excluding diaryl/α,β-unsaturated/α-hetero) is 1. The average Bonchev–Trinajstić information content (AvgIpc) is 3.50. The maximum absolute atomic E-state index is 16.0. The number of rotatable bonds is 2. The number of alkyl carbamates (subject to hydrolysis) is 1. The van der Waals surface area contributed by atoms with E-state index < -0.39 is 71.2 Å². The summed E-state index contributed by atoms with van der Waals surface area (Å²) in [5.41, 5.74) is -1.84. The van der Waals surface area contributed by atoms with E-state index in [2.05, 4.69) is 15.3 Å². The first-order valence-electron chi connectivity index (χ1n) is 15.8. The number of alkyl halides is 2. The van der Waals surface area contributed by atoms with Crippen LogP contribution in [0.5, 0.6) is 11.6 Å². The highest BCUT2D eigenvalue weighted by atomic mass is 19.3.